The second-order valence-corrected chi connectivity index (χ2v) is 1.24. The molecule has 0 radical (unpaired) electrons. The van der Waals surface area contributed by atoms with Gasteiger partial charge in [0, 0.05) is 13.1 Å². The van der Waals surface area contributed by atoms with Crippen molar-refractivity contribution in [3.8, 4) is 0 Å². The molecule has 0 amide bonds. The van der Waals surface area contributed by atoms with E-state index in [1.807, 2.05) is 12.2 Å². The van der Waals surface area contributed by atoms with Crippen molar-refractivity contribution in [2.45, 2.75) is 0 Å². The topological polar surface area (TPSA) is 12.0 Å². The zero-order valence-electron chi connectivity index (χ0n) is 4.48. The molecule has 0 saturated carbocycles. The fourth-order valence-electron chi connectivity index (χ4n) is 0.287. The molecule has 0 rings (SSSR count). The summed E-state index contributed by atoms with van der Waals surface area (Å²) in [7, 11) is 0. The second kappa shape index (κ2) is 5.44. The molecule has 0 bridgehead atoms. The molecule has 0 heterocycles. The van der Waals surface area contributed by atoms with Gasteiger partial charge in [0.25, 0.3) is 0 Å². The van der Waals surface area contributed by atoms with Crippen LogP contribution in [0.5, 0.6) is 0 Å². The van der Waals surface area contributed by atoms with Crippen molar-refractivity contribution >= 4 is 0 Å². The molecule has 0 atom stereocenters. The van der Waals surface area contributed by atoms with Crippen LogP contribution in [0.15, 0.2) is 25.3 Å². The Hall–Kier alpha value is -0.560. The van der Waals surface area contributed by atoms with E-state index in [1.54, 1.807) is 0 Å². The summed E-state index contributed by atoms with van der Waals surface area (Å²) >= 11 is 0. The molecule has 1 heteroatoms. The Kier molecular flexibility index (Phi) is 5.00. The molecule has 7 heavy (non-hydrogen) atoms. The lowest BCUT2D eigenvalue weighted by Crippen LogP contribution is -2.11. The zero-order valence-corrected chi connectivity index (χ0v) is 4.48. The standard InChI is InChI=1S/C6H11N/c1-3-5-7-6-4-2/h3-4,7H,1-2,5-6H2/i5+2,6+2. The van der Waals surface area contributed by atoms with E-state index < -0.39 is 0 Å². The fraction of sp³-hybridized carbons (Fsp3) is 0.333. The Morgan fingerprint density at radius 2 is 1.57 bits per heavy atom. The molecule has 0 aliphatic heterocycles. The van der Waals surface area contributed by atoms with Crippen LogP contribution in [-0.2, 0) is 0 Å². The molecule has 0 aromatic rings. The molecule has 40 valence electrons. The van der Waals surface area contributed by atoms with E-state index in [-0.39, 0.29) is 0 Å². The molecule has 0 aromatic heterocycles. The Bertz CT molecular complexity index is 49.2. The van der Waals surface area contributed by atoms with E-state index in [0.29, 0.717) is 0 Å². The van der Waals surface area contributed by atoms with Crippen LogP contribution in [0.2, 0.25) is 0 Å². The summed E-state index contributed by atoms with van der Waals surface area (Å²) in [6.45, 7) is 8.81. The SMILES string of the molecule is C=C[14CH2]N[14CH2]C=C. The van der Waals surface area contributed by atoms with Crippen molar-refractivity contribution in [2.24, 2.45) is 0 Å². The van der Waals surface area contributed by atoms with Crippen LogP contribution >= 0.6 is 0 Å². The van der Waals surface area contributed by atoms with E-state index in [1.165, 1.54) is 0 Å². The third kappa shape index (κ3) is 5.44. The van der Waals surface area contributed by atoms with Gasteiger partial charge in [0.2, 0.25) is 0 Å². The van der Waals surface area contributed by atoms with Crippen LogP contribution in [0, 0.1) is 0 Å². The van der Waals surface area contributed by atoms with Gasteiger partial charge in [0.05, 0.1) is 0 Å². The van der Waals surface area contributed by atoms with Crippen molar-refractivity contribution < 1.29 is 0 Å². The lowest BCUT2D eigenvalue weighted by molar-refractivity contribution is 0.845. The third-order valence-electron chi connectivity index (χ3n) is 0.577. The predicted octanol–water partition coefficient (Wildman–Crippen LogP) is 0.948. The smallest absolute Gasteiger partial charge is 0.0135 e. The molecule has 1 nitrogen and oxygen atoms in total. The summed E-state index contributed by atoms with van der Waals surface area (Å²) in [5.74, 6) is 0. The first kappa shape index (κ1) is 6.44. The largest absolute Gasteiger partial charge is 0.310 e. The highest BCUT2D eigenvalue weighted by Gasteiger charge is 1.69. The van der Waals surface area contributed by atoms with E-state index in [9.17, 15) is 0 Å². The highest BCUT2D eigenvalue weighted by atomic mass is 15.6. The summed E-state index contributed by atoms with van der Waals surface area (Å²) in [4.78, 5) is 0. The summed E-state index contributed by atoms with van der Waals surface area (Å²) < 4.78 is 0. The maximum absolute atomic E-state index is 3.54. The lowest BCUT2D eigenvalue weighted by Gasteiger charge is -1.90. The van der Waals surface area contributed by atoms with Crippen LogP contribution in [0.3, 0.4) is 0 Å². The van der Waals surface area contributed by atoms with E-state index in [0.717, 1.165) is 13.1 Å². The van der Waals surface area contributed by atoms with Crippen LogP contribution in [0.25, 0.3) is 0 Å². The quantitative estimate of drug-likeness (QED) is 0.410. The van der Waals surface area contributed by atoms with Crippen molar-refractivity contribution in [1.82, 2.24) is 5.32 Å². The lowest BCUT2D eigenvalue weighted by atomic mass is 11.1. The molecule has 1 N–H and O–H groups in total. The van der Waals surface area contributed by atoms with Crippen LogP contribution in [-0.4, -0.2) is 13.1 Å². The average molecular weight is 101 g/mol. The van der Waals surface area contributed by atoms with Gasteiger partial charge in [-0.3, -0.25) is 0 Å². The molecular weight excluding hydrogens is 90.1 g/mol. The van der Waals surface area contributed by atoms with Crippen LogP contribution in [0.4, 0.5) is 0 Å². The van der Waals surface area contributed by atoms with Crippen molar-refractivity contribution in [2.75, 3.05) is 13.1 Å². The minimum atomic E-state index is 0.867. The highest BCUT2D eigenvalue weighted by molar-refractivity contribution is 4.75. The monoisotopic (exact) mass is 101 g/mol. The number of nitrogens with one attached hydrogen (secondary N) is 1. The van der Waals surface area contributed by atoms with E-state index in [4.69, 9.17) is 0 Å². The normalized spacial score (nSPS) is 8.00. The van der Waals surface area contributed by atoms with E-state index >= 15 is 0 Å². The molecule has 0 saturated heterocycles. The highest BCUT2D eigenvalue weighted by Crippen LogP contribution is 1.59. The maximum atomic E-state index is 3.54. The van der Waals surface area contributed by atoms with Gasteiger partial charge in [-0.05, 0) is 0 Å². The summed E-state index contributed by atoms with van der Waals surface area (Å²) in [6, 6.07) is 0. The predicted molar refractivity (Wildman–Crippen MR) is 33.3 cm³/mol. The molecular formula is C6H11N. The molecule has 0 aliphatic carbocycles. The molecule has 0 aliphatic rings. The summed E-state index contributed by atoms with van der Waals surface area (Å²) in [5, 5.41) is 3.05. The van der Waals surface area contributed by atoms with Gasteiger partial charge in [-0.15, -0.1) is 13.2 Å². The molecule has 0 fully saturated rings. The Labute approximate surface area is 44.7 Å². The minimum Gasteiger partial charge on any atom is -0.310 e. The zero-order chi connectivity index (χ0) is 5.54. The Morgan fingerprint density at radius 3 is 1.86 bits per heavy atom. The van der Waals surface area contributed by atoms with E-state index in [2.05, 4.69) is 18.5 Å². The number of rotatable bonds is 4. The average Bonchev–Trinajstić information content (AvgIpc) is 1.69. The second-order valence-electron chi connectivity index (χ2n) is 1.24. The van der Waals surface area contributed by atoms with Gasteiger partial charge in [0.15, 0.2) is 0 Å². The van der Waals surface area contributed by atoms with Gasteiger partial charge < -0.3 is 5.32 Å². The Morgan fingerprint density at radius 1 is 1.14 bits per heavy atom. The summed E-state index contributed by atoms with van der Waals surface area (Å²) in [5.41, 5.74) is 0. The van der Waals surface area contributed by atoms with Gasteiger partial charge in [-0.25, -0.2) is 0 Å². The maximum Gasteiger partial charge on any atom is 0.0135 e. The minimum absolute atomic E-state index is 0.867. The first-order valence-corrected chi connectivity index (χ1v) is 2.34. The Balaban J connectivity index is 2.68. The number of hydrogen-bond donors (Lipinski definition) is 1. The number of hydrogen-bond acceptors (Lipinski definition) is 1. The fourth-order valence-corrected chi connectivity index (χ4v) is 0.287. The first-order chi connectivity index (χ1) is 3.41. The van der Waals surface area contributed by atoms with Crippen molar-refractivity contribution in [3.63, 3.8) is 0 Å². The van der Waals surface area contributed by atoms with Crippen molar-refractivity contribution in [3.05, 3.63) is 25.3 Å². The third-order valence-corrected chi connectivity index (χ3v) is 0.577. The van der Waals surface area contributed by atoms with Crippen molar-refractivity contribution in [1.29, 1.82) is 0 Å². The van der Waals surface area contributed by atoms with Gasteiger partial charge >= 0.3 is 0 Å². The summed E-state index contributed by atoms with van der Waals surface area (Å²) in [6.07, 6.45) is 3.65. The van der Waals surface area contributed by atoms with Crippen LogP contribution in [0.1, 0.15) is 0 Å². The molecule has 0 aromatic carbocycles. The van der Waals surface area contributed by atoms with Gasteiger partial charge in [-0.1, -0.05) is 12.2 Å². The molecule has 0 spiro atoms. The van der Waals surface area contributed by atoms with Crippen LogP contribution < -0.4 is 5.32 Å². The van der Waals surface area contributed by atoms with Gasteiger partial charge in [0.1, 0.15) is 0 Å². The van der Waals surface area contributed by atoms with Gasteiger partial charge in [-0.2, -0.15) is 0 Å². The first-order valence-electron chi connectivity index (χ1n) is 2.34. The molecule has 0 unspecified atom stereocenters.